The van der Waals surface area contributed by atoms with Crippen LogP contribution in [0.25, 0.3) is 0 Å². The third-order valence-electron chi connectivity index (χ3n) is 4.21. The molecule has 0 bridgehead atoms. The van der Waals surface area contributed by atoms with Gasteiger partial charge in [0, 0.05) is 25.2 Å². The fraction of sp³-hybridized carbons (Fsp3) is 0.667. The van der Waals surface area contributed by atoms with Crippen LogP contribution in [0, 0.1) is 18.7 Å². The van der Waals surface area contributed by atoms with Gasteiger partial charge in [-0.25, -0.2) is 4.39 Å². The van der Waals surface area contributed by atoms with Crippen LogP contribution in [0.2, 0.25) is 0 Å². The number of halogens is 1. The molecule has 1 aromatic carbocycles. The molecule has 1 aromatic rings. The standard InChI is InChI=1S/C18H31FN2/c1-6-16(7-2)21(12-13(3)4)18(11-20)17-10-15(19)9-8-14(17)5/h8-10,13,16,18H,6-7,11-12,20H2,1-5H3. The van der Waals surface area contributed by atoms with Crippen molar-refractivity contribution in [2.24, 2.45) is 11.7 Å². The molecule has 0 saturated carbocycles. The summed E-state index contributed by atoms with van der Waals surface area (Å²) in [5, 5.41) is 0. The first-order valence-corrected chi connectivity index (χ1v) is 8.16. The average molecular weight is 294 g/mol. The fourth-order valence-corrected chi connectivity index (χ4v) is 3.12. The van der Waals surface area contributed by atoms with Crippen LogP contribution in [-0.2, 0) is 0 Å². The smallest absolute Gasteiger partial charge is 0.123 e. The second-order valence-corrected chi connectivity index (χ2v) is 6.31. The molecule has 0 aliphatic heterocycles. The van der Waals surface area contributed by atoms with Crippen molar-refractivity contribution >= 4 is 0 Å². The molecule has 21 heavy (non-hydrogen) atoms. The summed E-state index contributed by atoms with van der Waals surface area (Å²) >= 11 is 0. The Labute approximate surface area is 129 Å². The van der Waals surface area contributed by atoms with Crippen molar-refractivity contribution in [1.29, 1.82) is 0 Å². The molecule has 1 rings (SSSR count). The van der Waals surface area contributed by atoms with Crippen molar-refractivity contribution in [3.63, 3.8) is 0 Å². The van der Waals surface area contributed by atoms with E-state index < -0.39 is 0 Å². The Bertz CT molecular complexity index is 427. The van der Waals surface area contributed by atoms with E-state index in [1.165, 1.54) is 6.07 Å². The summed E-state index contributed by atoms with van der Waals surface area (Å²) in [6, 6.07) is 5.61. The van der Waals surface area contributed by atoms with E-state index in [0.29, 0.717) is 18.5 Å². The Hall–Kier alpha value is -0.930. The van der Waals surface area contributed by atoms with Gasteiger partial charge in [0.1, 0.15) is 5.82 Å². The third kappa shape index (κ3) is 4.79. The van der Waals surface area contributed by atoms with E-state index in [1.807, 2.05) is 13.0 Å². The van der Waals surface area contributed by atoms with E-state index in [2.05, 4.69) is 32.6 Å². The zero-order chi connectivity index (χ0) is 16.0. The molecule has 0 radical (unpaired) electrons. The van der Waals surface area contributed by atoms with Crippen LogP contribution in [0.5, 0.6) is 0 Å². The number of rotatable bonds is 8. The zero-order valence-electron chi connectivity index (χ0n) is 14.2. The predicted octanol–water partition coefficient (Wildman–Crippen LogP) is 4.28. The highest BCUT2D eigenvalue weighted by molar-refractivity contribution is 5.30. The number of hydrogen-bond acceptors (Lipinski definition) is 2. The number of nitrogens with two attached hydrogens (primary N) is 1. The summed E-state index contributed by atoms with van der Waals surface area (Å²) in [6.07, 6.45) is 2.18. The molecule has 0 aromatic heterocycles. The first-order valence-electron chi connectivity index (χ1n) is 8.16. The van der Waals surface area contributed by atoms with Crippen LogP contribution in [0.3, 0.4) is 0 Å². The third-order valence-corrected chi connectivity index (χ3v) is 4.21. The van der Waals surface area contributed by atoms with Crippen LogP contribution >= 0.6 is 0 Å². The molecular formula is C18H31FN2. The van der Waals surface area contributed by atoms with Gasteiger partial charge in [-0.1, -0.05) is 33.8 Å². The monoisotopic (exact) mass is 294 g/mol. The Morgan fingerprint density at radius 3 is 2.29 bits per heavy atom. The van der Waals surface area contributed by atoms with Gasteiger partial charge in [0.25, 0.3) is 0 Å². The van der Waals surface area contributed by atoms with Gasteiger partial charge >= 0.3 is 0 Å². The quantitative estimate of drug-likeness (QED) is 0.775. The van der Waals surface area contributed by atoms with E-state index in [1.54, 1.807) is 6.07 Å². The second kappa shape index (κ2) is 8.50. The first-order chi connectivity index (χ1) is 9.94. The van der Waals surface area contributed by atoms with Crippen molar-refractivity contribution < 1.29 is 4.39 Å². The molecule has 0 aliphatic carbocycles. The summed E-state index contributed by atoms with van der Waals surface area (Å²) in [7, 11) is 0. The van der Waals surface area contributed by atoms with Crippen LogP contribution in [0.1, 0.15) is 57.7 Å². The summed E-state index contributed by atoms with van der Waals surface area (Å²) in [4.78, 5) is 2.48. The SMILES string of the molecule is CCC(CC)N(CC(C)C)C(CN)c1cc(F)ccc1C. The Morgan fingerprint density at radius 1 is 1.19 bits per heavy atom. The maximum absolute atomic E-state index is 13.7. The minimum atomic E-state index is -0.178. The predicted molar refractivity (Wildman–Crippen MR) is 88.8 cm³/mol. The maximum Gasteiger partial charge on any atom is 0.123 e. The fourth-order valence-electron chi connectivity index (χ4n) is 3.12. The minimum Gasteiger partial charge on any atom is -0.329 e. The molecule has 3 heteroatoms. The van der Waals surface area contributed by atoms with Gasteiger partial charge in [0.15, 0.2) is 0 Å². The average Bonchev–Trinajstić information content (AvgIpc) is 2.44. The summed E-state index contributed by atoms with van der Waals surface area (Å²) < 4.78 is 13.7. The van der Waals surface area contributed by atoms with Crippen molar-refractivity contribution in [2.45, 2.75) is 59.5 Å². The van der Waals surface area contributed by atoms with Crippen molar-refractivity contribution in [3.8, 4) is 0 Å². The number of aryl methyl sites for hydroxylation is 1. The van der Waals surface area contributed by atoms with Gasteiger partial charge in [-0.3, -0.25) is 4.90 Å². The van der Waals surface area contributed by atoms with Crippen molar-refractivity contribution in [1.82, 2.24) is 4.90 Å². The molecule has 0 fully saturated rings. The lowest BCUT2D eigenvalue weighted by molar-refractivity contribution is 0.112. The Kier molecular flexibility index (Phi) is 7.33. The Morgan fingerprint density at radius 2 is 1.81 bits per heavy atom. The van der Waals surface area contributed by atoms with Gasteiger partial charge in [-0.05, 0) is 48.9 Å². The highest BCUT2D eigenvalue weighted by Gasteiger charge is 2.26. The highest BCUT2D eigenvalue weighted by Crippen LogP contribution is 2.28. The molecule has 0 heterocycles. The first kappa shape index (κ1) is 18.1. The normalized spacial score (nSPS) is 13.4. The van der Waals surface area contributed by atoms with Crippen molar-refractivity contribution in [3.05, 3.63) is 35.1 Å². The van der Waals surface area contributed by atoms with Crippen LogP contribution < -0.4 is 5.73 Å². The highest BCUT2D eigenvalue weighted by atomic mass is 19.1. The van der Waals surface area contributed by atoms with Crippen LogP contribution in [0.4, 0.5) is 4.39 Å². The molecule has 0 saturated heterocycles. The largest absolute Gasteiger partial charge is 0.329 e. The molecule has 0 spiro atoms. The van der Waals surface area contributed by atoms with E-state index in [4.69, 9.17) is 5.73 Å². The van der Waals surface area contributed by atoms with Gasteiger partial charge in [-0.2, -0.15) is 0 Å². The maximum atomic E-state index is 13.7. The lowest BCUT2D eigenvalue weighted by Gasteiger charge is -2.39. The Balaban J connectivity index is 3.19. The van der Waals surface area contributed by atoms with Crippen LogP contribution in [-0.4, -0.2) is 24.0 Å². The van der Waals surface area contributed by atoms with Gasteiger partial charge in [0.2, 0.25) is 0 Å². The topological polar surface area (TPSA) is 29.3 Å². The zero-order valence-corrected chi connectivity index (χ0v) is 14.2. The number of hydrogen-bond donors (Lipinski definition) is 1. The van der Waals surface area contributed by atoms with E-state index in [0.717, 1.165) is 30.5 Å². The number of nitrogens with zero attached hydrogens (tertiary/aromatic N) is 1. The van der Waals surface area contributed by atoms with Crippen LogP contribution in [0.15, 0.2) is 18.2 Å². The lowest BCUT2D eigenvalue weighted by atomic mass is 9.95. The molecule has 0 amide bonds. The molecule has 2 N–H and O–H groups in total. The second-order valence-electron chi connectivity index (χ2n) is 6.31. The molecule has 0 aliphatic rings. The van der Waals surface area contributed by atoms with Gasteiger partial charge < -0.3 is 5.73 Å². The summed E-state index contributed by atoms with van der Waals surface area (Å²) in [5.74, 6) is 0.386. The van der Waals surface area contributed by atoms with E-state index in [9.17, 15) is 4.39 Å². The van der Waals surface area contributed by atoms with E-state index in [-0.39, 0.29) is 11.9 Å². The molecule has 2 nitrogen and oxygen atoms in total. The van der Waals surface area contributed by atoms with E-state index >= 15 is 0 Å². The lowest BCUT2D eigenvalue weighted by Crippen LogP contribution is -2.43. The van der Waals surface area contributed by atoms with Gasteiger partial charge in [0.05, 0.1) is 0 Å². The summed E-state index contributed by atoms with van der Waals surface area (Å²) in [5.41, 5.74) is 8.23. The van der Waals surface area contributed by atoms with Crippen molar-refractivity contribution in [2.75, 3.05) is 13.1 Å². The molecule has 120 valence electrons. The number of benzene rings is 1. The minimum absolute atomic E-state index is 0.0907. The summed E-state index contributed by atoms with van der Waals surface area (Å²) in [6.45, 7) is 12.4. The molecule has 1 atom stereocenters. The molecular weight excluding hydrogens is 263 g/mol. The van der Waals surface area contributed by atoms with Gasteiger partial charge in [-0.15, -0.1) is 0 Å². The molecule has 1 unspecified atom stereocenters.